The van der Waals surface area contributed by atoms with Crippen molar-refractivity contribution in [2.75, 3.05) is 0 Å². The van der Waals surface area contributed by atoms with E-state index >= 15 is 0 Å². The molecule has 1 aromatic rings. The van der Waals surface area contributed by atoms with Crippen molar-refractivity contribution in [3.8, 4) is 0 Å². The Morgan fingerprint density at radius 3 is 3.12 bits per heavy atom. The molecule has 1 aliphatic carbocycles. The molecule has 88 valence electrons. The Kier molecular flexibility index (Phi) is 4.10. The van der Waals surface area contributed by atoms with Crippen LogP contribution in [0, 0.1) is 11.8 Å². The molecule has 0 spiro atoms. The highest BCUT2D eigenvalue weighted by molar-refractivity contribution is 7.07. The first-order chi connectivity index (χ1) is 7.79. The Bertz CT molecular complexity index is 334. The highest BCUT2D eigenvalue weighted by atomic mass is 32.1. The van der Waals surface area contributed by atoms with E-state index < -0.39 is 0 Å². The number of aromatic nitrogens is 1. The maximum atomic E-state index is 11.8. The minimum absolute atomic E-state index is 0.243. The molecule has 2 unspecified atom stereocenters. The molecule has 0 bridgehead atoms. The minimum Gasteiger partial charge on any atom is -0.299 e. The van der Waals surface area contributed by atoms with Gasteiger partial charge in [-0.3, -0.25) is 4.79 Å². The van der Waals surface area contributed by atoms with E-state index in [1.165, 1.54) is 12.8 Å². The first kappa shape index (κ1) is 11.8. The summed E-state index contributed by atoms with van der Waals surface area (Å²) in [6, 6.07) is 0. The summed E-state index contributed by atoms with van der Waals surface area (Å²) in [5, 5.41) is 2.07. The van der Waals surface area contributed by atoms with Crippen molar-refractivity contribution in [2.45, 2.75) is 45.4 Å². The van der Waals surface area contributed by atoms with Crippen LogP contribution in [0.4, 0.5) is 0 Å². The molecule has 0 radical (unpaired) electrons. The predicted octanol–water partition coefficient (Wildman–Crippen LogP) is 3.47. The zero-order valence-corrected chi connectivity index (χ0v) is 10.6. The van der Waals surface area contributed by atoms with Crippen molar-refractivity contribution in [2.24, 2.45) is 11.8 Å². The van der Waals surface area contributed by atoms with Crippen molar-refractivity contribution in [1.29, 1.82) is 0 Å². The Labute approximate surface area is 101 Å². The van der Waals surface area contributed by atoms with Crippen LogP contribution in [-0.4, -0.2) is 10.8 Å². The van der Waals surface area contributed by atoms with E-state index in [1.807, 2.05) is 5.51 Å². The van der Waals surface area contributed by atoms with Gasteiger partial charge in [-0.1, -0.05) is 19.8 Å². The van der Waals surface area contributed by atoms with E-state index in [-0.39, 0.29) is 5.92 Å². The molecule has 1 aromatic heterocycles. The Hall–Kier alpha value is -0.700. The van der Waals surface area contributed by atoms with E-state index in [0.29, 0.717) is 5.78 Å². The monoisotopic (exact) mass is 237 g/mol. The summed E-state index contributed by atoms with van der Waals surface area (Å²) in [6.45, 7) is 2.23. The fourth-order valence-electron chi connectivity index (χ4n) is 2.66. The molecular weight excluding hydrogens is 218 g/mol. The number of ketones is 1. The first-order valence-electron chi connectivity index (χ1n) is 6.19. The summed E-state index contributed by atoms with van der Waals surface area (Å²) in [5.74, 6) is 1.47. The molecule has 0 aromatic carbocycles. The quantitative estimate of drug-likeness (QED) is 0.802. The highest BCUT2D eigenvalue weighted by Crippen LogP contribution is 2.31. The van der Waals surface area contributed by atoms with E-state index in [9.17, 15) is 4.79 Å². The van der Waals surface area contributed by atoms with E-state index in [1.54, 1.807) is 11.3 Å². The number of nitrogens with zero attached hydrogens (tertiary/aromatic N) is 1. The molecule has 16 heavy (non-hydrogen) atoms. The number of Topliss-reactive ketones (excluding diaryl/α,β-unsaturated/α-hetero) is 1. The number of rotatable bonds is 4. The van der Waals surface area contributed by atoms with Gasteiger partial charge in [0.25, 0.3) is 0 Å². The summed E-state index contributed by atoms with van der Waals surface area (Å²) < 4.78 is 0. The predicted molar refractivity (Wildman–Crippen MR) is 66.6 cm³/mol. The number of thiazole rings is 1. The normalized spacial score (nSPS) is 25.9. The lowest BCUT2D eigenvalue weighted by molar-refractivity contribution is -0.125. The Morgan fingerprint density at radius 1 is 1.56 bits per heavy atom. The molecule has 1 heterocycles. The van der Waals surface area contributed by atoms with Gasteiger partial charge in [0.05, 0.1) is 11.2 Å². The van der Waals surface area contributed by atoms with Crippen LogP contribution in [0.15, 0.2) is 10.9 Å². The second-order valence-corrected chi connectivity index (χ2v) is 5.49. The van der Waals surface area contributed by atoms with E-state index in [4.69, 9.17) is 0 Å². The second-order valence-electron chi connectivity index (χ2n) is 4.78. The molecule has 0 amide bonds. The third kappa shape index (κ3) is 2.91. The standard InChI is InChI=1S/C13H19NOS/c1-2-3-10-4-5-13(15)11(6-10)7-12-8-16-9-14-12/h8-11H,2-7H2,1H3. The van der Waals surface area contributed by atoms with Gasteiger partial charge in [0.1, 0.15) is 5.78 Å². The van der Waals surface area contributed by atoms with E-state index in [2.05, 4.69) is 17.3 Å². The van der Waals surface area contributed by atoms with Gasteiger partial charge in [0.15, 0.2) is 0 Å². The van der Waals surface area contributed by atoms with Crippen LogP contribution in [0.1, 0.15) is 44.7 Å². The average Bonchev–Trinajstić information content (AvgIpc) is 2.76. The lowest BCUT2D eigenvalue weighted by Crippen LogP contribution is -2.26. The van der Waals surface area contributed by atoms with Crippen LogP contribution < -0.4 is 0 Å². The average molecular weight is 237 g/mol. The molecule has 3 heteroatoms. The SMILES string of the molecule is CCCC1CCC(=O)C(Cc2cscn2)C1. The molecule has 1 fully saturated rings. The van der Waals surface area contributed by atoms with Crippen LogP contribution in [0.5, 0.6) is 0 Å². The minimum atomic E-state index is 0.243. The van der Waals surface area contributed by atoms with Crippen LogP contribution in [0.3, 0.4) is 0 Å². The molecule has 0 aliphatic heterocycles. The molecule has 2 atom stereocenters. The zero-order chi connectivity index (χ0) is 11.4. The molecule has 2 rings (SSSR count). The summed E-state index contributed by atoms with van der Waals surface area (Å²) >= 11 is 1.62. The van der Waals surface area contributed by atoms with Gasteiger partial charge < -0.3 is 0 Å². The zero-order valence-electron chi connectivity index (χ0n) is 9.82. The fraction of sp³-hybridized carbons (Fsp3) is 0.692. The molecular formula is C13H19NOS. The largest absolute Gasteiger partial charge is 0.299 e. The molecule has 1 saturated carbocycles. The van der Waals surface area contributed by atoms with Crippen molar-refractivity contribution in [3.05, 3.63) is 16.6 Å². The van der Waals surface area contributed by atoms with Gasteiger partial charge in [-0.05, 0) is 18.8 Å². The summed E-state index contributed by atoms with van der Waals surface area (Å²) in [6.07, 6.45) is 6.37. The molecule has 2 nitrogen and oxygen atoms in total. The van der Waals surface area contributed by atoms with Crippen LogP contribution >= 0.6 is 11.3 Å². The Balaban J connectivity index is 1.93. The second kappa shape index (κ2) is 5.58. The van der Waals surface area contributed by atoms with Crippen LogP contribution in [0.25, 0.3) is 0 Å². The summed E-state index contributed by atoms with van der Waals surface area (Å²) in [7, 11) is 0. The van der Waals surface area contributed by atoms with Gasteiger partial charge in [-0.15, -0.1) is 11.3 Å². The van der Waals surface area contributed by atoms with Gasteiger partial charge in [-0.2, -0.15) is 0 Å². The van der Waals surface area contributed by atoms with Gasteiger partial charge in [0.2, 0.25) is 0 Å². The third-order valence-electron chi connectivity index (χ3n) is 3.51. The van der Waals surface area contributed by atoms with Crippen molar-refractivity contribution in [3.63, 3.8) is 0 Å². The summed E-state index contributed by atoms with van der Waals surface area (Å²) in [5.41, 5.74) is 2.95. The first-order valence-corrected chi connectivity index (χ1v) is 7.13. The number of hydrogen-bond donors (Lipinski definition) is 0. The van der Waals surface area contributed by atoms with Gasteiger partial charge in [-0.25, -0.2) is 4.98 Å². The maximum absolute atomic E-state index is 11.8. The molecule has 0 N–H and O–H groups in total. The van der Waals surface area contributed by atoms with Gasteiger partial charge in [0, 0.05) is 24.1 Å². The fourth-order valence-corrected chi connectivity index (χ4v) is 3.23. The van der Waals surface area contributed by atoms with Gasteiger partial charge >= 0.3 is 0 Å². The maximum Gasteiger partial charge on any atom is 0.136 e. The number of carbonyl (C=O) groups excluding carboxylic acids is 1. The Morgan fingerprint density at radius 2 is 2.44 bits per heavy atom. The van der Waals surface area contributed by atoms with Crippen molar-refractivity contribution < 1.29 is 4.79 Å². The summed E-state index contributed by atoms with van der Waals surface area (Å²) in [4.78, 5) is 16.1. The van der Waals surface area contributed by atoms with E-state index in [0.717, 1.165) is 37.3 Å². The molecule has 0 saturated heterocycles. The smallest absolute Gasteiger partial charge is 0.136 e. The van der Waals surface area contributed by atoms with Crippen molar-refractivity contribution in [1.82, 2.24) is 4.98 Å². The van der Waals surface area contributed by atoms with Crippen molar-refractivity contribution >= 4 is 17.1 Å². The third-order valence-corrected chi connectivity index (χ3v) is 4.14. The number of hydrogen-bond acceptors (Lipinski definition) is 3. The van der Waals surface area contributed by atoms with Crippen LogP contribution in [-0.2, 0) is 11.2 Å². The lowest BCUT2D eigenvalue weighted by Gasteiger charge is -2.27. The van der Waals surface area contributed by atoms with Crippen LogP contribution in [0.2, 0.25) is 0 Å². The molecule has 1 aliphatic rings. The lowest BCUT2D eigenvalue weighted by atomic mass is 9.77. The number of carbonyl (C=O) groups is 1. The topological polar surface area (TPSA) is 30.0 Å². The highest BCUT2D eigenvalue weighted by Gasteiger charge is 2.28.